The Morgan fingerprint density at radius 3 is 2.93 bits per heavy atom. The van der Waals surface area contributed by atoms with Gasteiger partial charge in [-0.15, -0.1) is 0 Å². The highest BCUT2D eigenvalue weighted by Gasteiger charge is 2.08. The molecule has 0 saturated heterocycles. The lowest BCUT2D eigenvalue weighted by Gasteiger charge is -2.02. The van der Waals surface area contributed by atoms with Crippen LogP contribution in [0.15, 0.2) is 54.9 Å². The molecule has 0 bridgehead atoms. The summed E-state index contributed by atoms with van der Waals surface area (Å²) in [6.07, 6.45) is 6.94. The van der Waals surface area contributed by atoms with Gasteiger partial charge in [0.05, 0.1) is 11.2 Å². The Labute approximate surface area is 161 Å². The van der Waals surface area contributed by atoms with Gasteiger partial charge in [0.1, 0.15) is 5.65 Å². The molecule has 4 aromatic rings. The largest absolute Gasteiger partial charge is 0.322 e. The van der Waals surface area contributed by atoms with Crippen molar-refractivity contribution in [3.63, 3.8) is 0 Å². The summed E-state index contributed by atoms with van der Waals surface area (Å²) in [5.41, 5.74) is 3.01. The third-order valence-corrected chi connectivity index (χ3v) is 4.51. The molecule has 1 aromatic carbocycles. The molecule has 0 fully saturated rings. The van der Waals surface area contributed by atoms with Crippen LogP contribution in [0.3, 0.4) is 0 Å². The molecular formula is C20H18ClN5O. The van der Waals surface area contributed by atoms with Gasteiger partial charge in [-0.2, -0.15) is 5.10 Å². The maximum Gasteiger partial charge on any atom is 0.248 e. The summed E-state index contributed by atoms with van der Waals surface area (Å²) in [6, 6.07) is 11.6. The van der Waals surface area contributed by atoms with Gasteiger partial charge >= 0.3 is 0 Å². The van der Waals surface area contributed by atoms with E-state index in [2.05, 4.69) is 29.2 Å². The molecule has 3 heterocycles. The predicted molar refractivity (Wildman–Crippen MR) is 108 cm³/mol. The number of rotatable bonds is 4. The van der Waals surface area contributed by atoms with E-state index in [1.165, 1.54) is 6.08 Å². The van der Waals surface area contributed by atoms with Crippen LogP contribution in [-0.4, -0.2) is 25.1 Å². The Morgan fingerprint density at radius 2 is 2.11 bits per heavy atom. The molecule has 0 aliphatic heterocycles. The molecule has 0 unspecified atom stereocenters. The van der Waals surface area contributed by atoms with Gasteiger partial charge in [0.2, 0.25) is 5.91 Å². The molecule has 1 amide bonds. The number of nitrogens with one attached hydrogen (secondary N) is 1. The molecule has 0 aliphatic carbocycles. The normalized spacial score (nSPS) is 11.9. The minimum Gasteiger partial charge on any atom is -0.322 e. The summed E-state index contributed by atoms with van der Waals surface area (Å²) >= 11 is 6.18. The van der Waals surface area contributed by atoms with E-state index >= 15 is 0 Å². The molecule has 6 nitrogen and oxygen atoms in total. The van der Waals surface area contributed by atoms with Crippen molar-refractivity contribution in [3.8, 4) is 0 Å². The first-order valence-corrected chi connectivity index (χ1v) is 8.99. The number of nitrogens with zero attached hydrogens (tertiary/aromatic N) is 4. The predicted octanol–water partition coefficient (Wildman–Crippen LogP) is 4.57. The number of hydrogen-bond donors (Lipinski definition) is 1. The van der Waals surface area contributed by atoms with Gasteiger partial charge in [-0.3, -0.25) is 13.9 Å². The molecule has 4 rings (SSSR count). The highest BCUT2D eigenvalue weighted by atomic mass is 35.5. The minimum absolute atomic E-state index is 0.243. The van der Waals surface area contributed by atoms with Gasteiger partial charge in [-0.05, 0) is 50.3 Å². The molecule has 0 atom stereocenters. The van der Waals surface area contributed by atoms with Crippen molar-refractivity contribution in [2.24, 2.45) is 0 Å². The average Bonchev–Trinajstić information content (AvgIpc) is 3.20. The second-order valence-electron chi connectivity index (χ2n) is 6.52. The summed E-state index contributed by atoms with van der Waals surface area (Å²) in [6.45, 7) is 4.15. The van der Waals surface area contributed by atoms with Crippen LogP contribution in [0.5, 0.6) is 0 Å². The van der Waals surface area contributed by atoms with Gasteiger partial charge < -0.3 is 5.32 Å². The minimum atomic E-state index is -0.243. The summed E-state index contributed by atoms with van der Waals surface area (Å²) in [7, 11) is 0. The maximum atomic E-state index is 12.3. The van der Waals surface area contributed by atoms with E-state index in [9.17, 15) is 4.79 Å². The lowest BCUT2D eigenvalue weighted by molar-refractivity contribution is -0.111. The number of carbonyl (C=O) groups is 1. The molecule has 0 radical (unpaired) electrons. The molecular weight excluding hydrogens is 362 g/mol. The molecule has 0 spiro atoms. The maximum absolute atomic E-state index is 12.3. The Bertz CT molecular complexity index is 1170. The van der Waals surface area contributed by atoms with Gasteiger partial charge in [-0.1, -0.05) is 17.7 Å². The van der Waals surface area contributed by atoms with Gasteiger partial charge in [-0.25, -0.2) is 4.98 Å². The second-order valence-corrected chi connectivity index (χ2v) is 6.87. The van der Waals surface area contributed by atoms with Crippen LogP contribution in [0.1, 0.15) is 25.6 Å². The molecule has 0 aliphatic rings. The van der Waals surface area contributed by atoms with Gasteiger partial charge in [0.25, 0.3) is 0 Å². The molecule has 27 heavy (non-hydrogen) atoms. The smallest absolute Gasteiger partial charge is 0.248 e. The summed E-state index contributed by atoms with van der Waals surface area (Å²) < 4.78 is 3.74. The van der Waals surface area contributed by atoms with E-state index in [4.69, 9.17) is 11.6 Å². The third-order valence-electron chi connectivity index (χ3n) is 4.23. The van der Waals surface area contributed by atoms with Crippen molar-refractivity contribution < 1.29 is 4.79 Å². The summed E-state index contributed by atoms with van der Waals surface area (Å²) in [5, 5.41) is 8.71. The number of amides is 1. The van der Waals surface area contributed by atoms with E-state index in [1.54, 1.807) is 6.08 Å². The number of pyridine rings is 1. The Morgan fingerprint density at radius 1 is 1.26 bits per heavy atom. The number of aromatic nitrogens is 4. The van der Waals surface area contributed by atoms with Crippen molar-refractivity contribution >= 4 is 45.8 Å². The zero-order valence-electron chi connectivity index (χ0n) is 14.9. The molecule has 1 N–H and O–H groups in total. The number of halogens is 1. The first-order chi connectivity index (χ1) is 13.0. The zero-order valence-corrected chi connectivity index (χ0v) is 15.7. The van der Waals surface area contributed by atoms with Crippen LogP contribution in [0, 0.1) is 0 Å². The molecule has 0 saturated carbocycles. The average molecular weight is 380 g/mol. The fourth-order valence-corrected chi connectivity index (χ4v) is 3.10. The van der Waals surface area contributed by atoms with E-state index in [-0.39, 0.29) is 11.9 Å². The van der Waals surface area contributed by atoms with Gasteiger partial charge in [0.15, 0.2) is 5.15 Å². The lowest BCUT2D eigenvalue weighted by Crippen LogP contribution is -2.07. The van der Waals surface area contributed by atoms with Crippen molar-refractivity contribution in [1.29, 1.82) is 0 Å². The Balaban J connectivity index is 1.54. The molecule has 3 aromatic heterocycles. The number of anilines is 1. The first kappa shape index (κ1) is 17.3. The standard InChI is InChI=1S/C20H18ClN5O/c1-13(2)26-12-14-11-15(6-7-16(14)24-26)22-19(27)9-8-17-20(21)23-18-5-3-4-10-25(17)18/h3-13H,1-2H3,(H,22,27)/b9-8+. The van der Waals surface area contributed by atoms with E-state index < -0.39 is 0 Å². The van der Waals surface area contributed by atoms with Crippen LogP contribution < -0.4 is 5.32 Å². The number of hydrogen-bond acceptors (Lipinski definition) is 3. The number of fused-ring (bicyclic) bond motifs is 2. The fourth-order valence-electron chi connectivity index (χ4n) is 2.86. The second kappa shape index (κ2) is 6.89. The van der Waals surface area contributed by atoms with E-state index in [0.717, 1.165) is 16.6 Å². The fraction of sp³-hybridized carbons (Fsp3) is 0.150. The van der Waals surface area contributed by atoms with Crippen LogP contribution in [0.25, 0.3) is 22.6 Å². The topological polar surface area (TPSA) is 64.2 Å². The van der Waals surface area contributed by atoms with Crippen molar-refractivity contribution in [3.05, 3.63) is 65.7 Å². The first-order valence-electron chi connectivity index (χ1n) is 8.62. The van der Waals surface area contributed by atoms with Crippen LogP contribution in [-0.2, 0) is 4.79 Å². The molecule has 7 heteroatoms. The highest BCUT2D eigenvalue weighted by molar-refractivity contribution is 6.31. The Kier molecular flexibility index (Phi) is 4.41. The SMILES string of the molecule is CC(C)n1cc2cc(NC(=O)/C=C/c3c(Cl)nc4ccccn34)ccc2n1. The van der Waals surface area contributed by atoms with Crippen LogP contribution in [0.2, 0.25) is 5.15 Å². The quantitative estimate of drug-likeness (QED) is 0.528. The van der Waals surface area contributed by atoms with Crippen molar-refractivity contribution in [2.45, 2.75) is 19.9 Å². The molecule has 136 valence electrons. The summed E-state index contributed by atoms with van der Waals surface area (Å²) in [4.78, 5) is 16.6. The number of imidazole rings is 1. The van der Waals surface area contributed by atoms with E-state index in [0.29, 0.717) is 16.5 Å². The lowest BCUT2D eigenvalue weighted by atomic mass is 10.2. The van der Waals surface area contributed by atoms with E-state index in [1.807, 2.05) is 57.9 Å². The number of benzene rings is 1. The van der Waals surface area contributed by atoms with Gasteiger partial charge in [0, 0.05) is 35.6 Å². The monoisotopic (exact) mass is 379 g/mol. The van der Waals surface area contributed by atoms with Crippen LogP contribution >= 0.6 is 11.6 Å². The highest BCUT2D eigenvalue weighted by Crippen LogP contribution is 2.21. The summed E-state index contributed by atoms with van der Waals surface area (Å²) in [5.74, 6) is -0.243. The Hall–Kier alpha value is -3.12. The number of carbonyl (C=O) groups excluding carboxylic acids is 1. The van der Waals surface area contributed by atoms with Crippen molar-refractivity contribution in [1.82, 2.24) is 19.2 Å². The van der Waals surface area contributed by atoms with Crippen LogP contribution in [0.4, 0.5) is 5.69 Å². The zero-order chi connectivity index (χ0) is 19.0. The van der Waals surface area contributed by atoms with Crippen molar-refractivity contribution in [2.75, 3.05) is 5.32 Å². The third kappa shape index (κ3) is 3.44.